The van der Waals surface area contributed by atoms with Gasteiger partial charge in [0.1, 0.15) is 16.8 Å². The highest BCUT2D eigenvalue weighted by Gasteiger charge is 2.24. The second-order valence-corrected chi connectivity index (χ2v) is 7.81. The van der Waals surface area contributed by atoms with Gasteiger partial charge in [0, 0.05) is 0 Å². The number of hydrogen-bond donors (Lipinski definition) is 2. The quantitative estimate of drug-likeness (QED) is 0.650. The zero-order valence-corrected chi connectivity index (χ0v) is 15.6. The number of benzene rings is 1. The second-order valence-electron chi connectivity index (χ2n) is 5.67. The van der Waals surface area contributed by atoms with Crippen molar-refractivity contribution in [2.24, 2.45) is 5.92 Å². The van der Waals surface area contributed by atoms with Gasteiger partial charge in [0.05, 0.1) is 18.7 Å². The van der Waals surface area contributed by atoms with Gasteiger partial charge in [-0.1, -0.05) is 25.4 Å². The van der Waals surface area contributed by atoms with Crippen molar-refractivity contribution in [1.82, 2.24) is 10.0 Å². The summed E-state index contributed by atoms with van der Waals surface area (Å²) < 4.78 is 43.9. The summed E-state index contributed by atoms with van der Waals surface area (Å²) >= 11 is 5.71. The van der Waals surface area contributed by atoms with Crippen molar-refractivity contribution in [3.8, 4) is 0 Å². The predicted molar refractivity (Wildman–Crippen MR) is 90.0 cm³/mol. The second kappa shape index (κ2) is 9.12. The normalized spacial score (nSPS) is 12.7. The topological polar surface area (TPSA) is 102 Å². The highest BCUT2D eigenvalue weighted by Crippen LogP contribution is 2.21. The van der Waals surface area contributed by atoms with Gasteiger partial charge in [-0.15, -0.1) is 0 Å². The van der Waals surface area contributed by atoms with E-state index < -0.39 is 40.3 Å². The van der Waals surface area contributed by atoms with Crippen molar-refractivity contribution in [3.05, 3.63) is 29.0 Å². The number of ether oxygens (including phenoxy) is 1. The van der Waals surface area contributed by atoms with Gasteiger partial charge >= 0.3 is 5.97 Å². The fourth-order valence-corrected chi connectivity index (χ4v) is 3.52. The summed E-state index contributed by atoms with van der Waals surface area (Å²) in [5, 5.41) is 2.11. The van der Waals surface area contributed by atoms with Crippen molar-refractivity contribution < 1.29 is 27.1 Å². The van der Waals surface area contributed by atoms with E-state index in [2.05, 4.69) is 14.8 Å². The van der Waals surface area contributed by atoms with Gasteiger partial charge in [-0.3, -0.25) is 4.79 Å². The van der Waals surface area contributed by atoms with E-state index in [1.54, 1.807) is 0 Å². The van der Waals surface area contributed by atoms with Gasteiger partial charge in [0.15, 0.2) is 0 Å². The van der Waals surface area contributed by atoms with E-state index in [0.29, 0.717) is 6.42 Å². The highest BCUT2D eigenvalue weighted by atomic mass is 35.5. The molecular weight excluding hydrogens is 375 g/mol. The summed E-state index contributed by atoms with van der Waals surface area (Å²) in [6.45, 7) is 3.12. The minimum atomic E-state index is -4.11. The molecule has 0 bridgehead atoms. The lowest BCUT2D eigenvalue weighted by molar-refractivity contribution is -0.145. The van der Waals surface area contributed by atoms with Crippen LogP contribution < -0.4 is 10.0 Å². The van der Waals surface area contributed by atoms with Crippen molar-refractivity contribution in [3.63, 3.8) is 0 Å². The summed E-state index contributed by atoms with van der Waals surface area (Å²) in [5.74, 6) is -1.90. The van der Waals surface area contributed by atoms with Crippen LogP contribution in [0.3, 0.4) is 0 Å². The Morgan fingerprint density at radius 2 is 1.96 bits per heavy atom. The molecule has 1 unspecified atom stereocenters. The number of carbonyl (C=O) groups is 2. The maximum Gasteiger partial charge on any atom is 0.328 e. The van der Waals surface area contributed by atoms with Crippen LogP contribution in [0.15, 0.2) is 23.1 Å². The largest absolute Gasteiger partial charge is 0.467 e. The van der Waals surface area contributed by atoms with Crippen molar-refractivity contribution in [2.45, 2.75) is 31.2 Å². The molecule has 10 heteroatoms. The minimum absolute atomic E-state index is 0.110. The molecule has 1 aromatic rings. The predicted octanol–water partition coefficient (Wildman–Crippen LogP) is 1.46. The van der Waals surface area contributed by atoms with Crippen LogP contribution in [0.5, 0.6) is 0 Å². The van der Waals surface area contributed by atoms with Crippen LogP contribution in [0, 0.1) is 11.7 Å². The number of carbonyl (C=O) groups excluding carboxylic acids is 2. The molecule has 1 aromatic carbocycles. The number of methoxy groups -OCH3 is 1. The molecule has 140 valence electrons. The molecule has 0 spiro atoms. The number of sulfonamides is 1. The molecule has 0 aromatic heterocycles. The van der Waals surface area contributed by atoms with E-state index in [4.69, 9.17) is 11.6 Å². The van der Waals surface area contributed by atoms with Crippen LogP contribution in [0.1, 0.15) is 20.3 Å². The lowest BCUT2D eigenvalue weighted by Gasteiger charge is -2.18. The van der Waals surface area contributed by atoms with E-state index in [9.17, 15) is 22.4 Å². The molecule has 25 heavy (non-hydrogen) atoms. The molecule has 0 radical (unpaired) electrons. The number of amides is 1. The average molecular weight is 395 g/mol. The highest BCUT2D eigenvalue weighted by molar-refractivity contribution is 7.89. The molecular formula is C15H20ClFN2O5S. The third-order valence-electron chi connectivity index (χ3n) is 3.13. The lowest BCUT2D eigenvalue weighted by Crippen LogP contribution is -2.46. The standard InChI is InChI=1S/C15H20ClFN2O5S/c1-9(2)6-12(15(21)24-3)19-14(20)8-18-25(22,23)13-5-4-10(17)7-11(13)16/h4-5,7,9,12,18H,6,8H2,1-3H3,(H,19,20). The molecule has 0 aliphatic heterocycles. The summed E-state index contributed by atoms with van der Waals surface area (Å²) in [6, 6.07) is 1.91. The lowest BCUT2D eigenvalue weighted by atomic mass is 10.0. The van der Waals surface area contributed by atoms with Crippen molar-refractivity contribution in [2.75, 3.05) is 13.7 Å². The van der Waals surface area contributed by atoms with Crippen LogP contribution >= 0.6 is 11.6 Å². The first-order valence-electron chi connectivity index (χ1n) is 7.38. The molecule has 0 aliphatic rings. The Bertz CT molecular complexity index is 739. The van der Waals surface area contributed by atoms with Crippen LogP contribution in [0.25, 0.3) is 0 Å². The van der Waals surface area contributed by atoms with Crippen molar-refractivity contribution >= 4 is 33.5 Å². The van der Waals surface area contributed by atoms with Gasteiger partial charge in [-0.2, -0.15) is 0 Å². The summed E-state index contributed by atoms with van der Waals surface area (Å²) in [7, 11) is -2.92. The Labute approximate surface area is 150 Å². The van der Waals surface area contributed by atoms with Crippen LogP contribution in [-0.2, 0) is 24.3 Å². The number of nitrogens with one attached hydrogen (secondary N) is 2. The number of rotatable bonds is 8. The van der Waals surface area contributed by atoms with E-state index in [1.165, 1.54) is 7.11 Å². The molecule has 2 N–H and O–H groups in total. The summed E-state index contributed by atoms with van der Waals surface area (Å²) in [4.78, 5) is 23.2. The Morgan fingerprint density at radius 1 is 1.32 bits per heavy atom. The van der Waals surface area contributed by atoms with Crippen molar-refractivity contribution in [1.29, 1.82) is 0 Å². The zero-order valence-electron chi connectivity index (χ0n) is 14.0. The average Bonchev–Trinajstić information content (AvgIpc) is 2.50. The molecule has 1 rings (SSSR count). The smallest absolute Gasteiger partial charge is 0.328 e. The maximum absolute atomic E-state index is 13.0. The number of halogens is 2. The SMILES string of the molecule is COC(=O)C(CC(C)C)NC(=O)CNS(=O)(=O)c1ccc(F)cc1Cl. The fourth-order valence-electron chi connectivity index (χ4n) is 2.00. The van der Waals surface area contributed by atoms with Crippen LogP contribution in [-0.4, -0.2) is 40.0 Å². The first-order chi connectivity index (χ1) is 11.6. The number of esters is 1. The Hall–Kier alpha value is -1.71. The summed E-state index contributed by atoms with van der Waals surface area (Å²) in [6.07, 6.45) is 0.342. The monoisotopic (exact) mass is 394 g/mol. The minimum Gasteiger partial charge on any atom is -0.467 e. The van der Waals surface area contributed by atoms with Crippen LogP contribution in [0.4, 0.5) is 4.39 Å². The van der Waals surface area contributed by atoms with E-state index >= 15 is 0 Å². The maximum atomic E-state index is 13.0. The first kappa shape index (κ1) is 21.3. The summed E-state index contributed by atoms with van der Waals surface area (Å²) in [5.41, 5.74) is 0. The van der Waals surface area contributed by atoms with Gasteiger partial charge in [-0.25, -0.2) is 22.3 Å². The zero-order chi connectivity index (χ0) is 19.2. The molecule has 0 fully saturated rings. The molecule has 0 heterocycles. The Kier molecular flexibility index (Phi) is 7.78. The molecule has 0 aliphatic carbocycles. The molecule has 1 atom stereocenters. The first-order valence-corrected chi connectivity index (χ1v) is 9.24. The Morgan fingerprint density at radius 3 is 2.48 bits per heavy atom. The van der Waals surface area contributed by atoms with Gasteiger partial charge in [0.2, 0.25) is 15.9 Å². The van der Waals surface area contributed by atoms with E-state index in [1.807, 2.05) is 13.8 Å². The molecule has 0 saturated heterocycles. The van der Waals surface area contributed by atoms with Crippen LogP contribution in [0.2, 0.25) is 5.02 Å². The van der Waals surface area contributed by atoms with E-state index in [-0.39, 0.29) is 15.8 Å². The third-order valence-corrected chi connectivity index (χ3v) is 5.02. The van der Waals surface area contributed by atoms with E-state index in [0.717, 1.165) is 18.2 Å². The molecule has 7 nitrogen and oxygen atoms in total. The van der Waals surface area contributed by atoms with Gasteiger partial charge in [-0.05, 0) is 30.5 Å². The Balaban J connectivity index is 2.75. The molecule has 1 amide bonds. The van der Waals surface area contributed by atoms with Gasteiger partial charge < -0.3 is 10.1 Å². The van der Waals surface area contributed by atoms with Gasteiger partial charge in [0.25, 0.3) is 0 Å². The fraction of sp³-hybridized carbons (Fsp3) is 0.467. The number of hydrogen-bond acceptors (Lipinski definition) is 5. The molecule has 0 saturated carbocycles. The third kappa shape index (κ3) is 6.60.